The van der Waals surface area contributed by atoms with Gasteiger partial charge in [-0.05, 0) is 20.8 Å². The molecule has 1 unspecified atom stereocenters. The molecule has 1 aromatic heterocycles. The average molecular weight is 211 g/mol. The van der Waals surface area contributed by atoms with Crippen LogP contribution in [0.1, 0.15) is 27.7 Å². The fourth-order valence-electron chi connectivity index (χ4n) is 1.09. The molecule has 1 heterocycles. The van der Waals surface area contributed by atoms with Crippen molar-refractivity contribution in [1.82, 2.24) is 15.0 Å². The van der Waals surface area contributed by atoms with Crippen molar-refractivity contribution in [2.45, 2.75) is 39.8 Å². The lowest BCUT2D eigenvalue weighted by molar-refractivity contribution is -0.159. The van der Waals surface area contributed by atoms with Crippen molar-refractivity contribution in [1.29, 1.82) is 0 Å². The van der Waals surface area contributed by atoms with Crippen molar-refractivity contribution in [3.05, 3.63) is 12.4 Å². The predicted molar refractivity (Wildman–Crippen MR) is 55.0 cm³/mol. The number of carbonyl (C=O) groups is 1. The van der Waals surface area contributed by atoms with E-state index in [1.165, 1.54) is 0 Å². The van der Waals surface area contributed by atoms with Gasteiger partial charge in [0.25, 0.3) is 0 Å². The smallest absolute Gasteiger partial charge is 0.311 e. The van der Waals surface area contributed by atoms with Crippen LogP contribution in [-0.4, -0.2) is 26.6 Å². The number of nitrogens with zero attached hydrogens (tertiary/aromatic N) is 3. The summed E-state index contributed by atoms with van der Waals surface area (Å²) in [6.45, 7) is 7.87. The first kappa shape index (κ1) is 11.7. The molecular formula is C10H17N3O2. The van der Waals surface area contributed by atoms with E-state index in [0.29, 0.717) is 6.54 Å². The third-order valence-electron chi connectivity index (χ3n) is 1.74. The van der Waals surface area contributed by atoms with E-state index < -0.39 is 5.60 Å². The lowest BCUT2D eigenvalue weighted by Gasteiger charge is -2.22. The molecule has 0 radical (unpaired) electrons. The summed E-state index contributed by atoms with van der Waals surface area (Å²) in [6.07, 6.45) is 3.31. The maximum atomic E-state index is 11.6. The Hall–Kier alpha value is -1.39. The number of hydrogen-bond acceptors (Lipinski definition) is 4. The first-order chi connectivity index (χ1) is 6.88. The van der Waals surface area contributed by atoms with E-state index in [4.69, 9.17) is 4.74 Å². The second-order valence-corrected chi connectivity index (χ2v) is 4.56. The summed E-state index contributed by atoms with van der Waals surface area (Å²) in [5.74, 6) is -0.427. The first-order valence-electron chi connectivity index (χ1n) is 4.95. The van der Waals surface area contributed by atoms with Crippen molar-refractivity contribution in [2.75, 3.05) is 0 Å². The molecule has 0 aliphatic heterocycles. The van der Waals surface area contributed by atoms with Crippen LogP contribution in [0.15, 0.2) is 12.4 Å². The molecule has 0 aliphatic carbocycles. The van der Waals surface area contributed by atoms with Gasteiger partial charge >= 0.3 is 5.97 Å². The zero-order valence-corrected chi connectivity index (χ0v) is 9.60. The monoisotopic (exact) mass is 211 g/mol. The maximum Gasteiger partial charge on any atom is 0.311 e. The number of aromatic nitrogens is 3. The molecule has 0 fully saturated rings. The molecule has 0 spiro atoms. The Morgan fingerprint density at radius 1 is 1.53 bits per heavy atom. The Labute approximate surface area is 89.4 Å². The largest absolute Gasteiger partial charge is 0.460 e. The molecule has 0 saturated heterocycles. The normalized spacial score (nSPS) is 13.6. The van der Waals surface area contributed by atoms with E-state index in [0.717, 1.165) is 0 Å². The van der Waals surface area contributed by atoms with Crippen molar-refractivity contribution in [3.63, 3.8) is 0 Å². The molecule has 5 nitrogen and oxygen atoms in total. The van der Waals surface area contributed by atoms with Gasteiger partial charge in [-0.15, -0.1) is 5.10 Å². The van der Waals surface area contributed by atoms with E-state index in [1.807, 2.05) is 27.7 Å². The van der Waals surface area contributed by atoms with E-state index in [9.17, 15) is 4.79 Å². The molecule has 15 heavy (non-hydrogen) atoms. The van der Waals surface area contributed by atoms with Gasteiger partial charge in [0, 0.05) is 6.20 Å². The Balaban J connectivity index is 2.47. The molecule has 0 amide bonds. The molecule has 0 aromatic carbocycles. The topological polar surface area (TPSA) is 57.0 Å². The van der Waals surface area contributed by atoms with Gasteiger partial charge in [0.05, 0.1) is 18.7 Å². The molecule has 1 rings (SSSR count). The number of esters is 1. The van der Waals surface area contributed by atoms with Gasteiger partial charge in [-0.3, -0.25) is 9.48 Å². The molecule has 0 bridgehead atoms. The van der Waals surface area contributed by atoms with Crippen molar-refractivity contribution in [2.24, 2.45) is 5.92 Å². The summed E-state index contributed by atoms with van der Waals surface area (Å²) in [5, 5.41) is 7.46. The summed E-state index contributed by atoms with van der Waals surface area (Å²) >= 11 is 0. The zero-order chi connectivity index (χ0) is 11.5. The van der Waals surface area contributed by atoms with E-state index >= 15 is 0 Å². The molecule has 84 valence electrons. The molecule has 1 atom stereocenters. The fraction of sp³-hybridized carbons (Fsp3) is 0.700. The van der Waals surface area contributed by atoms with Gasteiger partial charge in [0.2, 0.25) is 0 Å². The van der Waals surface area contributed by atoms with Gasteiger partial charge in [0.15, 0.2) is 0 Å². The van der Waals surface area contributed by atoms with Crippen LogP contribution in [0.4, 0.5) is 0 Å². The van der Waals surface area contributed by atoms with Gasteiger partial charge in [0.1, 0.15) is 5.60 Å². The predicted octanol–water partition coefficient (Wildman–Crippen LogP) is 1.26. The van der Waals surface area contributed by atoms with Crippen molar-refractivity contribution >= 4 is 5.97 Å². The van der Waals surface area contributed by atoms with Crippen LogP contribution < -0.4 is 0 Å². The average Bonchev–Trinajstić information content (AvgIpc) is 2.53. The lowest BCUT2D eigenvalue weighted by Crippen LogP contribution is -2.29. The fourth-order valence-corrected chi connectivity index (χ4v) is 1.09. The summed E-state index contributed by atoms with van der Waals surface area (Å²) in [5.41, 5.74) is -0.437. The van der Waals surface area contributed by atoms with Gasteiger partial charge in [-0.25, -0.2) is 0 Å². The SMILES string of the molecule is CC(Cn1ccnn1)C(=O)OC(C)(C)C. The van der Waals surface area contributed by atoms with Crippen LogP contribution >= 0.6 is 0 Å². The maximum absolute atomic E-state index is 11.6. The highest BCUT2D eigenvalue weighted by molar-refractivity contribution is 5.72. The third kappa shape index (κ3) is 4.10. The van der Waals surface area contributed by atoms with E-state index in [-0.39, 0.29) is 11.9 Å². The zero-order valence-electron chi connectivity index (χ0n) is 9.60. The Morgan fingerprint density at radius 3 is 2.67 bits per heavy atom. The van der Waals surface area contributed by atoms with Crippen LogP contribution in [-0.2, 0) is 16.1 Å². The van der Waals surface area contributed by atoms with E-state index in [1.54, 1.807) is 17.1 Å². The quantitative estimate of drug-likeness (QED) is 0.706. The molecular weight excluding hydrogens is 194 g/mol. The van der Waals surface area contributed by atoms with Crippen molar-refractivity contribution in [3.8, 4) is 0 Å². The highest BCUT2D eigenvalue weighted by Gasteiger charge is 2.21. The highest BCUT2D eigenvalue weighted by atomic mass is 16.6. The number of carbonyl (C=O) groups excluding carboxylic acids is 1. The van der Waals surface area contributed by atoms with Crippen LogP contribution in [0.2, 0.25) is 0 Å². The first-order valence-corrected chi connectivity index (χ1v) is 4.95. The van der Waals surface area contributed by atoms with E-state index in [2.05, 4.69) is 10.3 Å². The van der Waals surface area contributed by atoms with Crippen molar-refractivity contribution < 1.29 is 9.53 Å². The third-order valence-corrected chi connectivity index (χ3v) is 1.74. The molecule has 0 aliphatic rings. The Morgan fingerprint density at radius 2 is 2.20 bits per heavy atom. The van der Waals surface area contributed by atoms with Crippen LogP contribution in [0.25, 0.3) is 0 Å². The summed E-state index contributed by atoms with van der Waals surface area (Å²) in [7, 11) is 0. The molecule has 0 saturated carbocycles. The Bertz CT molecular complexity index is 314. The number of rotatable bonds is 3. The standard InChI is InChI=1S/C10H17N3O2/c1-8(7-13-6-5-11-12-13)9(14)15-10(2,3)4/h5-6,8H,7H2,1-4H3. The molecule has 0 N–H and O–H groups in total. The summed E-state index contributed by atoms with van der Waals surface area (Å²) < 4.78 is 6.87. The minimum Gasteiger partial charge on any atom is -0.460 e. The minimum atomic E-state index is -0.437. The van der Waals surface area contributed by atoms with Crippen LogP contribution in [0, 0.1) is 5.92 Å². The van der Waals surface area contributed by atoms with Gasteiger partial charge < -0.3 is 4.74 Å². The van der Waals surface area contributed by atoms with Gasteiger partial charge in [-0.1, -0.05) is 12.1 Å². The van der Waals surface area contributed by atoms with Gasteiger partial charge in [-0.2, -0.15) is 0 Å². The highest BCUT2D eigenvalue weighted by Crippen LogP contribution is 2.11. The summed E-state index contributed by atoms with van der Waals surface area (Å²) in [4.78, 5) is 11.6. The lowest BCUT2D eigenvalue weighted by atomic mass is 10.1. The number of ether oxygens (including phenoxy) is 1. The second-order valence-electron chi connectivity index (χ2n) is 4.56. The van der Waals surface area contributed by atoms with Crippen LogP contribution in [0.3, 0.4) is 0 Å². The summed E-state index contributed by atoms with van der Waals surface area (Å²) in [6, 6.07) is 0. The molecule has 1 aromatic rings. The molecule has 5 heteroatoms. The Kier molecular flexibility index (Phi) is 3.44. The second kappa shape index (κ2) is 4.42. The van der Waals surface area contributed by atoms with Crippen LogP contribution in [0.5, 0.6) is 0 Å². The minimum absolute atomic E-state index is 0.210. The number of hydrogen-bond donors (Lipinski definition) is 0.